The van der Waals surface area contributed by atoms with Crippen molar-refractivity contribution in [2.24, 2.45) is 5.92 Å². The predicted octanol–water partition coefficient (Wildman–Crippen LogP) is -0.719. The molecule has 0 aliphatic heterocycles. The van der Waals surface area contributed by atoms with Gasteiger partial charge in [-0.1, -0.05) is 13.8 Å². The zero-order chi connectivity index (χ0) is 13.5. The van der Waals surface area contributed by atoms with Gasteiger partial charge in [0, 0.05) is 5.75 Å². The minimum absolute atomic E-state index is 0.172. The van der Waals surface area contributed by atoms with E-state index in [-0.39, 0.29) is 32.1 Å². The van der Waals surface area contributed by atoms with E-state index in [2.05, 4.69) is 5.32 Å². The Bertz CT molecular complexity index is 298. The Morgan fingerprint density at radius 3 is 2.18 bits per heavy atom. The van der Waals surface area contributed by atoms with E-state index in [0.29, 0.717) is 6.42 Å². The van der Waals surface area contributed by atoms with Crippen molar-refractivity contribution in [2.75, 3.05) is 25.5 Å². The van der Waals surface area contributed by atoms with Crippen LogP contribution in [0.4, 0.5) is 0 Å². The highest BCUT2D eigenvalue weighted by molar-refractivity contribution is 7.85. The van der Waals surface area contributed by atoms with Crippen molar-refractivity contribution in [1.29, 1.82) is 0 Å². The zero-order valence-electron chi connectivity index (χ0n) is 10.3. The molecule has 17 heavy (non-hydrogen) atoms. The summed E-state index contributed by atoms with van der Waals surface area (Å²) >= 11 is 0. The molecule has 0 aliphatic carbocycles. The van der Waals surface area contributed by atoms with E-state index in [1.165, 1.54) is 0 Å². The molecule has 0 bridgehead atoms. The highest BCUT2D eigenvalue weighted by Crippen LogP contribution is 2.16. The van der Waals surface area contributed by atoms with E-state index in [9.17, 15) is 23.2 Å². The van der Waals surface area contributed by atoms with Gasteiger partial charge in [0.15, 0.2) is 0 Å². The quantitative estimate of drug-likeness (QED) is 0.376. The van der Waals surface area contributed by atoms with Gasteiger partial charge in [0.1, 0.15) is 0 Å². The molecule has 0 unspecified atom stereocenters. The lowest BCUT2D eigenvalue weighted by atomic mass is 9.90. The van der Waals surface area contributed by atoms with Gasteiger partial charge >= 0.3 is 0 Å². The van der Waals surface area contributed by atoms with E-state index >= 15 is 0 Å². The van der Waals surface area contributed by atoms with Gasteiger partial charge in [-0.15, -0.1) is 0 Å². The molecular formula is C10H22NO5S-. The van der Waals surface area contributed by atoms with Gasteiger partial charge < -0.3 is 20.1 Å². The highest BCUT2D eigenvalue weighted by atomic mass is 32.2. The Balaban J connectivity index is 4.18. The van der Waals surface area contributed by atoms with Crippen LogP contribution in [0.2, 0.25) is 0 Å². The molecule has 0 atom stereocenters. The first-order valence-electron chi connectivity index (χ1n) is 5.65. The molecule has 6 nitrogen and oxygen atoms in total. The first-order chi connectivity index (χ1) is 7.74. The topological polar surface area (TPSA) is 110 Å². The van der Waals surface area contributed by atoms with Crippen molar-refractivity contribution in [3.8, 4) is 0 Å². The predicted molar refractivity (Wildman–Crippen MR) is 63.5 cm³/mol. The lowest BCUT2D eigenvalue weighted by Crippen LogP contribution is -2.53. The number of hydrogen-bond donors (Lipinski definition) is 3. The van der Waals surface area contributed by atoms with E-state index in [4.69, 9.17) is 0 Å². The first kappa shape index (κ1) is 16.8. The molecule has 0 aliphatic rings. The fourth-order valence-corrected chi connectivity index (χ4v) is 2.24. The fraction of sp³-hybridized carbons (Fsp3) is 1.00. The van der Waals surface area contributed by atoms with Crippen LogP contribution in [0, 0.1) is 5.92 Å². The lowest BCUT2D eigenvalue weighted by molar-refractivity contribution is 0.0746. The number of hydrogen-bond acceptors (Lipinski definition) is 6. The second kappa shape index (κ2) is 7.27. The summed E-state index contributed by atoms with van der Waals surface area (Å²) in [7, 11) is -4.19. The average molecular weight is 268 g/mol. The largest absolute Gasteiger partial charge is 0.748 e. The van der Waals surface area contributed by atoms with Crippen LogP contribution in [0.15, 0.2) is 0 Å². The summed E-state index contributed by atoms with van der Waals surface area (Å²) in [6, 6.07) is 0. The maximum Gasteiger partial charge on any atom is 0.0946 e. The SMILES string of the molecule is CC(C)CC(CO)(CO)NCCCS(=O)(=O)[O-]. The molecule has 0 fully saturated rings. The Labute approximate surface area is 103 Å². The van der Waals surface area contributed by atoms with E-state index in [1.54, 1.807) is 0 Å². The van der Waals surface area contributed by atoms with E-state index in [0.717, 1.165) is 0 Å². The molecule has 7 heteroatoms. The van der Waals surface area contributed by atoms with Crippen molar-refractivity contribution >= 4 is 10.1 Å². The number of nitrogens with one attached hydrogen (secondary N) is 1. The normalized spacial score (nSPS) is 13.3. The summed E-state index contributed by atoms with van der Waals surface area (Å²) in [6.45, 7) is 3.74. The second-order valence-corrected chi connectivity index (χ2v) is 6.26. The van der Waals surface area contributed by atoms with Crippen LogP contribution < -0.4 is 5.32 Å². The van der Waals surface area contributed by atoms with Crippen LogP contribution in [0.25, 0.3) is 0 Å². The molecule has 0 amide bonds. The molecule has 104 valence electrons. The summed E-state index contributed by atoms with van der Waals surface area (Å²) in [5.41, 5.74) is -0.805. The molecule has 0 spiro atoms. The minimum atomic E-state index is -4.19. The van der Waals surface area contributed by atoms with Crippen LogP contribution in [0.3, 0.4) is 0 Å². The number of aliphatic hydroxyl groups is 2. The third-order valence-corrected chi connectivity index (χ3v) is 3.26. The second-order valence-electron chi connectivity index (χ2n) is 4.74. The summed E-state index contributed by atoms with van der Waals surface area (Å²) in [5, 5.41) is 21.5. The van der Waals surface area contributed by atoms with Gasteiger partial charge in [0.2, 0.25) is 0 Å². The summed E-state index contributed by atoms with van der Waals surface area (Å²) < 4.78 is 31.2. The van der Waals surface area contributed by atoms with Gasteiger partial charge in [-0.3, -0.25) is 0 Å². The molecular weight excluding hydrogens is 246 g/mol. The van der Waals surface area contributed by atoms with Crippen molar-refractivity contribution < 1.29 is 23.2 Å². The lowest BCUT2D eigenvalue weighted by Gasteiger charge is -2.33. The Kier molecular flexibility index (Phi) is 7.18. The van der Waals surface area contributed by atoms with Crippen LogP contribution in [0.1, 0.15) is 26.7 Å². The van der Waals surface area contributed by atoms with Crippen molar-refractivity contribution in [2.45, 2.75) is 32.2 Å². The Hall–Kier alpha value is -0.210. The third kappa shape index (κ3) is 7.67. The summed E-state index contributed by atoms with van der Waals surface area (Å²) in [6.07, 6.45) is 0.746. The van der Waals surface area contributed by atoms with Crippen molar-refractivity contribution in [3.63, 3.8) is 0 Å². The van der Waals surface area contributed by atoms with Crippen LogP contribution in [0.5, 0.6) is 0 Å². The van der Waals surface area contributed by atoms with Crippen LogP contribution in [-0.2, 0) is 10.1 Å². The van der Waals surface area contributed by atoms with E-state index < -0.39 is 21.4 Å². The number of aliphatic hydroxyl groups excluding tert-OH is 2. The molecule has 0 heterocycles. The Morgan fingerprint density at radius 2 is 1.82 bits per heavy atom. The molecule has 0 rings (SSSR count). The molecule has 3 N–H and O–H groups in total. The van der Waals surface area contributed by atoms with Crippen LogP contribution in [-0.4, -0.2) is 54.2 Å². The zero-order valence-corrected chi connectivity index (χ0v) is 11.2. The molecule has 0 saturated heterocycles. The maximum atomic E-state index is 10.4. The van der Waals surface area contributed by atoms with Gasteiger partial charge in [-0.25, -0.2) is 8.42 Å². The van der Waals surface area contributed by atoms with Gasteiger partial charge in [0.05, 0.1) is 28.9 Å². The molecule has 0 saturated carbocycles. The van der Waals surface area contributed by atoms with Crippen molar-refractivity contribution in [1.82, 2.24) is 5.32 Å². The maximum absolute atomic E-state index is 10.4. The van der Waals surface area contributed by atoms with Gasteiger partial charge in [-0.2, -0.15) is 0 Å². The third-order valence-electron chi connectivity index (χ3n) is 2.48. The highest BCUT2D eigenvalue weighted by Gasteiger charge is 2.28. The minimum Gasteiger partial charge on any atom is -0.748 e. The first-order valence-corrected chi connectivity index (χ1v) is 7.23. The number of rotatable bonds is 9. The Morgan fingerprint density at radius 1 is 1.29 bits per heavy atom. The fourth-order valence-electron chi connectivity index (χ4n) is 1.75. The van der Waals surface area contributed by atoms with Gasteiger partial charge in [-0.05, 0) is 25.3 Å². The molecule has 0 aromatic rings. The van der Waals surface area contributed by atoms with Gasteiger partial charge in [0.25, 0.3) is 0 Å². The van der Waals surface area contributed by atoms with E-state index in [1.807, 2.05) is 13.8 Å². The monoisotopic (exact) mass is 268 g/mol. The molecule has 0 aromatic carbocycles. The molecule has 0 radical (unpaired) electrons. The smallest absolute Gasteiger partial charge is 0.0946 e. The average Bonchev–Trinajstić information content (AvgIpc) is 2.21. The van der Waals surface area contributed by atoms with Crippen molar-refractivity contribution in [3.05, 3.63) is 0 Å². The summed E-state index contributed by atoms with van der Waals surface area (Å²) in [4.78, 5) is 0. The van der Waals surface area contributed by atoms with Crippen LogP contribution >= 0.6 is 0 Å². The summed E-state index contributed by atoms with van der Waals surface area (Å²) in [5.74, 6) is -0.153. The molecule has 0 aromatic heterocycles. The standard InChI is InChI=1S/C10H23NO5S/c1-9(2)6-10(7-12,8-13)11-4-3-5-17(14,15)16/h9,11-13H,3-8H2,1-2H3,(H,14,15,16)/p-1.